The van der Waals surface area contributed by atoms with Crippen LogP contribution in [-0.2, 0) is 0 Å². The summed E-state index contributed by atoms with van der Waals surface area (Å²) in [6.45, 7) is 8.43. The molecule has 0 amide bonds. The number of aromatic nitrogens is 3. The Kier molecular flexibility index (Phi) is 3.83. The van der Waals surface area contributed by atoms with Crippen LogP contribution in [0.4, 0.5) is 0 Å². The van der Waals surface area contributed by atoms with Gasteiger partial charge in [0, 0.05) is 12.2 Å². The van der Waals surface area contributed by atoms with Crippen LogP contribution in [0.1, 0.15) is 44.9 Å². The topological polar surface area (TPSA) is 30.7 Å². The Morgan fingerprint density at radius 2 is 1.89 bits per heavy atom. The van der Waals surface area contributed by atoms with Crippen molar-refractivity contribution in [2.75, 3.05) is 0 Å². The van der Waals surface area contributed by atoms with Gasteiger partial charge in [0.2, 0.25) is 0 Å². The van der Waals surface area contributed by atoms with Gasteiger partial charge in [-0.15, -0.1) is 11.6 Å². The SMILES string of the molecule is CC(Cl)c1nc2cc(Cl)cnc2n1C(C)C(C)C. The number of alkyl halides is 1. The molecule has 0 bridgehead atoms. The van der Waals surface area contributed by atoms with Gasteiger partial charge in [0.05, 0.1) is 10.4 Å². The molecule has 18 heavy (non-hydrogen) atoms. The van der Waals surface area contributed by atoms with E-state index in [2.05, 4.69) is 35.3 Å². The molecule has 2 aromatic heterocycles. The maximum absolute atomic E-state index is 6.22. The third-order valence-electron chi connectivity index (χ3n) is 3.25. The average Bonchev–Trinajstić information content (AvgIpc) is 2.66. The Bertz CT molecular complexity index is 561. The Morgan fingerprint density at radius 3 is 2.44 bits per heavy atom. The summed E-state index contributed by atoms with van der Waals surface area (Å²) in [6.07, 6.45) is 1.65. The van der Waals surface area contributed by atoms with E-state index < -0.39 is 0 Å². The number of nitrogens with zero attached hydrogens (tertiary/aromatic N) is 3. The van der Waals surface area contributed by atoms with E-state index in [1.807, 2.05) is 13.0 Å². The van der Waals surface area contributed by atoms with Gasteiger partial charge in [0.25, 0.3) is 0 Å². The van der Waals surface area contributed by atoms with Gasteiger partial charge in [0.15, 0.2) is 5.65 Å². The molecule has 0 aliphatic carbocycles. The number of pyridine rings is 1. The molecule has 0 saturated heterocycles. The van der Waals surface area contributed by atoms with Gasteiger partial charge in [-0.2, -0.15) is 0 Å². The first-order valence-electron chi connectivity index (χ1n) is 6.09. The second kappa shape index (κ2) is 5.06. The van der Waals surface area contributed by atoms with Crippen LogP contribution in [0.5, 0.6) is 0 Å². The molecule has 0 spiro atoms. The zero-order valence-corrected chi connectivity index (χ0v) is 12.5. The van der Waals surface area contributed by atoms with Crippen molar-refractivity contribution in [2.45, 2.75) is 39.1 Å². The molecule has 2 unspecified atom stereocenters. The lowest BCUT2D eigenvalue weighted by atomic mass is 10.1. The monoisotopic (exact) mass is 285 g/mol. The molecular formula is C13H17Cl2N3. The van der Waals surface area contributed by atoms with Crippen molar-refractivity contribution in [3.63, 3.8) is 0 Å². The second-order valence-electron chi connectivity index (χ2n) is 4.94. The van der Waals surface area contributed by atoms with E-state index in [0.29, 0.717) is 17.0 Å². The number of hydrogen-bond acceptors (Lipinski definition) is 2. The first kappa shape index (κ1) is 13.6. The number of fused-ring (bicyclic) bond motifs is 1. The predicted molar refractivity (Wildman–Crippen MR) is 76.4 cm³/mol. The van der Waals surface area contributed by atoms with Gasteiger partial charge in [-0.1, -0.05) is 25.4 Å². The summed E-state index contributed by atoms with van der Waals surface area (Å²) < 4.78 is 2.12. The van der Waals surface area contributed by atoms with E-state index in [-0.39, 0.29) is 5.38 Å². The van der Waals surface area contributed by atoms with Crippen molar-refractivity contribution in [3.05, 3.63) is 23.1 Å². The molecule has 2 atom stereocenters. The fraction of sp³-hybridized carbons (Fsp3) is 0.538. The Morgan fingerprint density at radius 1 is 1.22 bits per heavy atom. The highest BCUT2D eigenvalue weighted by Gasteiger charge is 2.21. The number of hydrogen-bond donors (Lipinski definition) is 0. The normalized spacial score (nSPS) is 15.3. The molecule has 0 N–H and O–H groups in total. The first-order chi connectivity index (χ1) is 8.41. The molecular weight excluding hydrogens is 269 g/mol. The summed E-state index contributed by atoms with van der Waals surface area (Å²) in [5.41, 5.74) is 1.65. The Labute approximate surface area is 117 Å². The summed E-state index contributed by atoms with van der Waals surface area (Å²) in [5, 5.41) is 0.442. The van der Waals surface area contributed by atoms with Gasteiger partial charge in [-0.25, -0.2) is 9.97 Å². The van der Waals surface area contributed by atoms with Crippen molar-refractivity contribution >= 4 is 34.4 Å². The highest BCUT2D eigenvalue weighted by molar-refractivity contribution is 6.31. The molecule has 2 rings (SSSR count). The third kappa shape index (κ3) is 2.34. The van der Waals surface area contributed by atoms with Gasteiger partial charge < -0.3 is 4.57 Å². The minimum absolute atomic E-state index is 0.154. The van der Waals surface area contributed by atoms with E-state index in [4.69, 9.17) is 23.2 Å². The molecule has 2 aromatic rings. The summed E-state index contributed by atoms with van der Waals surface area (Å²) >= 11 is 12.2. The van der Waals surface area contributed by atoms with Crippen LogP contribution in [-0.4, -0.2) is 14.5 Å². The van der Waals surface area contributed by atoms with Gasteiger partial charge in [-0.3, -0.25) is 0 Å². The van der Waals surface area contributed by atoms with Gasteiger partial charge in [0.1, 0.15) is 11.3 Å². The van der Waals surface area contributed by atoms with Crippen LogP contribution in [0.2, 0.25) is 5.02 Å². The molecule has 0 fully saturated rings. The smallest absolute Gasteiger partial charge is 0.160 e. The van der Waals surface area contributed by atoms with Crippen molar-refractivity contribution in [1.82, 2.24) is 14.5 Å². The zero-order chi connectivity index (χ0) is 13.4. The molecule has 0 saturated carbocycles. The molecule has 5 heteroatoms. The fourth-order valence-electron chi connectivity index (χ4n) is 1.96. The summed E-state index contributed by atoms with van der Waals surface area (Å²) in [7, 11) is 0. The highest BCUT2D eigenvalue weighted by Crippen LogP contribution is 2.30. The van der Waals surface area contributed by atoms with E-state index in [1.54, 1.807) is 6.20 Å². The molecule has 0 aliphatic heterocycles. The molecule has 0 radical (unpaired) electrons. The van der Waals surface area contributed by atoms with Gasteiger partial charge >= 0.3 is 0 Å². The van der Waals surface area contributed by atoms with Crippen LogP contribution < -0.4 is 0 Å². The predicted octanol–water partition coefficient (Wildman–Crippen LogP) is 4.60. The van der Waals surface area contributed by atoms with E-state index in [9.17, 15) is 0 Å². The minimum atomic E-state index is -0.154. The molecule has 0 aromatic carbocycles. The fourth-order valence-corrected chi connectivity index (χ4v) is 2.26. The number of imidazole rings is 1. The van der Waals surface area contributed by atoms with Gasteiger partial charge in [-0.05, 0) is 25.8 Å². The molecule has 0 aliphatic rings. The van der Waals surface area contributed by atoms with Crippen LogP contribution in [0.25, 0.3) is 11.2 Å². The van der Waals surface area contributed by atoms with Crippen molar-refractivity contribution in [2.24, 2.45) is 5.92 Å². The van der Waals surface area contributed by atoms with E-state index >= 15 is 0 Å². The lowest BCUT2D eigenvalue weighted by Crippen LogP contribution is -2.15. The van der Waals surface area contributed by atoms with Crippen LogP contribution in [0.3, 0.4) is 0 Å². The maximum Gasteiger partial charge on any atom is 0.160 e. The largest absolute Gasteiger partial charge is 0.308 e. The van der Waals surface area contributed by atoms with Crippen LogP contribution in [0.15, 0.2) is 12.3 Å². The lowest BCUT2D eigenvalue weighted by molar-refractivity contribution is 0.404. The lowest BCUT2D eigenvalue weighted by Gasteiger charge is -2.21. The maximum atomic E-state index is 6.22. The van der Waals surface area contributed by atoms with Crippen molar-refractivity contribution < 1.29 is 0 Å². The van der Waals surface area contributed by atoms with Crippen molar-refractivity contribution in [3.8, 4) is 0 Å². The number of rotatable bonds is 3. The third-order valence-corrected chi connectivity index (χ3v) is 3.65. The molecule has 2 heterocycles. The number of halogens is 2. The quantitative estimate of drug-likeness (QED) is 0.772. The zero-order valence-electron chi connectivity index (χ0n) is 11.0. The Balaban J connectivity index is 2.70. The van der Waals surface area contributed by atoms with Crippen LogP contribution >= 0.6 is 23.2 Å². The van der Waals surface area contributed by atoms with E-state index in [1.165, 1.54) is 0 Å². The Hall–Kier alpha value is -0.800. The molecule has 3 nitrogen and oxygen atoms in total. The minimum Gasteiger partial charge on any atom is -0.308 e. The second-order valence-corrected chi connectivity index (χ2v) is 6.03. The van der Waals surface area contributed by atoms with E-state index in [0.717, 1.165) is 17.0 Å². The first-order valence-corrected chi connectivity index (χ1v) is 6.90. The average molecular weight is 286 g/mol. The standard InChI is InChI=1S/C13H17Cl2N3/c1-7(2)9(4)18-12(8(3)14)17-11-5-10(15)6-16-13(11)18/h5-9H,1-4H3. The van der Waals surface area contributed by atoms with Crippen LogP contribution in [0, 0.1) is 5.92 Å². The summed E-state index contributed by atoms with van der Waals surface area (Å²) in [4.78, 5) is 8.96. The summed E-state index contributed by atoms with van der Waals surface area (Å²) in [6, 6.07) is 2.12. The molecule has 98 valence electrons. The van der Waals surface area contributed by atoms with Crippen molar-refractivity contribution in [1.29, 1.82) is 0 Å². The summed E-state index contributed by atoms with van der Waals surface area (Å²) in [5.74, 6) is 1.33. The highest BCUT2D eigenvalue weighted by atomic mass is 35.5.